The third kappa shape index (κ3) is 74.9. The second-order valence-electron chi connectivity index (χ2n) is 31.1. The van der Waals surface area contributed by atoms with Crippen LogP contribution in [0.15, 0.2) is 0 Å². The number of esters is 4. The summed E-state index contributed by atoms with van der Waals surface area (Å²) < 4.78 is 68.8. The zero-order valence-electron chi connectivity index (χ0n) is 67.1. The van der Waals surface area contributed by atoms with Crippen molar-refractivity contribution in [1.29, 1.82) is 0 Å². The monoisotopic (exact) mass is 1490 g/mol. The summed E-state index contributed by atoms with van der Waals surface area (Å²) >= 11 is 0. The average molecular weight is 1490 g/mol. The van der Waals surface area contributed by atoms with Gasteiger partial charge in [0.15, 0.2) is 12.2 Å². The SMILES string of the molecule is CCCCCCCCCCCCCCCCC(=O)O[C@H](COC(=O)CCCCCCCCCCC(C)C)COP(=O)(O)OC[C@H](O)COP(=O)(O)OC[C@@H](COC(=O)CCCCCCCCCCCCCCC(C)C)OC(=O)CCCCCCCCCCCCCCCCCCCCC(C)CC. The maximum absolute atomic E-state index is 13.1. The smallest absolute Gasteiger partial charge is 0.462 e. The third-order valence-electron chi connectivity index (χ3n) is 19.7. The zero-order chi connectivity index (χ0) is 75.1. The van der Waals surface area contributed by atoms with Gasteiger partial charge >= 0.3 is 39.5 Å². The maximum atomic E-state index is 13.1. The van der Waals surface area contributed by atoms with E-state index in [0.29, 0.717) is 25.7 Å². The number of rotatable bonds is 81. The molecule has 0 aromatic rings. The van der Waals surface area contributed by atoms with Gasteiger partial charge in [-0.25, -0.2) is 9.13 Å². The normalized spacial score (nSPS) is 14.2. The van der Waals surface area contributed by atoms with Crippen LogP contribution in [0.3, 0.4) is 0 Å². The summed E-state index contributed by atoms with van der Waals surface area (Å²) in [5, 5.41) is 10.7. The van der Waals surface area contributed by atoms with E-state index in [1.54, 1.807) is 0 Å². The van der Waals surface area contributed by atoms with E-state index in [9.17, 15) is 43.2 Å². The van der Waals surface area contributed by atoms with Gasteiger partial charge in [0.25, 0.3) is 0 Å². The quantitative estimate of drug-likeness (QED) is 0.0222. The highest BCUT2D eigenvalue weighted by Crippen LogP contribution is 2.45. The molecule has 0 aromatic carbocycles. The number of aliphatic hydroxyl groups excluding tert-OH is 1. The molecule has 0 saturated heterocycles. The van der Waals surface area contributed by atoms with Crippen molar-refractivity contribution in [3.05, 3.63) is 0 Å². The molecule has 0 amide bonds. The minimum atomic E-state index is -4.96. The number of phosphoric acid groups is 2. The van der Waals surface area contributed by atoms with Crippen LogP contribution in [0.5, 0.6) is 0 Å². The van der Waals surface area contributed by atoms with Crippen molar-refractivity contribution in [3.63, 3.8) is 0 Å². The van der Waals surface area contributed by atoms with E-state index in [4.69, 9.17) is 37.0 Å². The summed E-state index contributed by atoms with van der Waals surface area (Å²) in [5.41, 5.74) is 0. The zero-order valence-corrected chi connectivity index (χ0v) is 68.9. The molecule has 0 aliphatic carbocycles. The predicted octanol–water partition coefficient (Wildman–Crippen LogP) is 24.9. The fourth-order valence-corrected chi connectivity index (χ4v) is 14.4. The van der Waals surface area contributed by atoms with Crippen LogP contribution in [0.1, 0.15) is 434 Å². The maximum Gasteiger partial charge on any atom is 0.472 e. The van der Waals surface area contributed by atoms with E-state index in [2.05, 4.69) is 48.5 Å². The molecular weight excluding hydrogens is 1330 g/mol. The van der Waals surface area contributed by atoms with Gasteiger partial charge in [0.1, 0.15) is 19.3 Å². The molecule has 0 aromatic heterocycles. The van der Waals surface area contributed by atoms with Crippen molar-refractivity contribution in [1.82, 2.24) is 0 Å². The van der Waals surface area contributed by atoms with Crippen molar-refractivity contribution in [3.8, 4) is 0 Å². The van der Waals surface area contributed by atoms with Crippen molar-refractivity contribution >= 4 is 39.5 Å². The van der Waals surface area contributed by atoms with E-state index in [1.165, 1.54) is 244 Å². The Bertz CT molecular complexity index is 1980. The molecule has 0 rings (SSSR count). The molecule has 19 heteroatoms. The highest BCUT2D eigenvalue weighted by atomic mass is 31.2. The van der Waals surface area contributed by atoms with E-state index in [-0.39, 0.29) is 25.7 Å². The lowest BCUT2D eigenvalue weighted by Gasteiger charge is -2.21. The van der Waals surface area contributed by atoms with Gasteiger partial charge in [-0.3, -0.25) is 37.3 Å². The number of hydrogen-bond donors (Lipinski definition) is 3. The Labute approximate surface area is 626 Å². The van der Waals surface area contributed by atoms with Crippen LogP contribution in [0.2, 0.25) is 0 Å². The first-order chi connectivity index (χ1) is 49.3. The van der Waals surface area contributed by atoms with Gasteiger partial charge in [-0.2, -0.15) is 0 Å². The lowest BCUT2D eigenvalue weighted by atomic mass is 9.99. The molecule has 17 nitrogen and oxygen atoms in total. The number of ether oxygens (including phenoxy) is 4. The minimum absolute atomic E-state index is 0.107. The average Bonchev–Trinajstić information content (AvgIpc) is 0.912. The van der Waals surface area contributed by atoms with Gasteiger partial charge in [0.05, 0.1) is 26.4 Å². The largest absolute Gasteiger partial charge is 0.472 e. The number of phosphoric ester groups is 2. The van der Waals surface area contributed by atoms with Gasteiger partial charge in [-0.05, 0) is 43.4 Å². The van der Waals surface area contributed by atoms with Crippen molar-refractivity contribution in [2.45, 2.75) is 452 Å². The van der Waals surface area contributed by atoms with Crippen molar-refractivity contribution in [2.75, 3.05) is 39.6 Å². The Morgan fingerprint density at radius 1 is 0.284 bits per heavy atom. The third-order valence-corrected chi connectivity index (χ3v) is 21.6. The lowest BCUT2D eigenvalue weighted by molar-refractivity contribution is -0.161. The van der Waals surface area contributed by atoms with Crippen LogP contribution in [0, 0.1) is 17.8 Å². The second-order valence-corrected chi connectivity index (χ2v) is 34.0. The number of aliphatic hydroxyl groups is 1. The number of carbonyl (C=O) groups is 4. The molecular formula is C83H162O17P2. The van der Waals surface area contributed by atoms with E-state index >= 15 is 0 Å². The Balaban J connectivity index is 5.23. The standard InChI is InChI=1S/C83H162O17P2/c1-8-10-11-12-13-14-15-16-24-31-36-45-52-59-66-82(87)100-79(71-94-81(86)65-58-51-44-39-38-41-48-55-62-75(5)6)73-98-102(91,92)96-69-77(84)68-95-101(89,90)97-72-78(70-93-80(85)64-57-50-43-35-30-27-26-28-33-40-47-54-61-74(3)4)99-83(88)67-60-53-46-37-32-25-22-20-18-17-19-21-23-29-34-42-49-56-63-76(7)9-2/h74-79,84H,8-73H2,1-7H3,(H,89,90)(H,91,92)/t76?,77-,78-,79-/m1/s1. The first kappa shape index (κ1) is 100. The van der Waals surface area contributed by atoms with Gasteiger partial charge in [0.2, 0.25) is 0 Å². The molecule has 0 fully saturated rings. The summed E-state index contributed by atoms with van der Waals surface area (Å²) in [7, 11) is -9.92. The molecule has 3 N–H and O–H groups in total. The van der Waals surface area contributed by atoms with Gasteiger partial charge < -0.3 is 33.8 Å². The van der Waals surface area contributed by atoms with Crippen LogP contribution < -0.4 is 0 Å². The summed E-state index contributed by atoms with van der Waals surface area (Å²) in [6.45, 7) is 12.0. The van der Waals surface area contributed by atoms with Gasteiger partial charge in [0, 0.05) is 25.7 Å². The predicted molar refractivity (Wildman–Crippen MR) is 418 cm³/mol. The molecule has 102 heavy (non-hydrogen) atoms. The highest BCUT2D eigenvalue weighted by molar-refractivity contribution is 7.47. The van der Waals surface area contributed by atoms with Crippen molar-refractivity contribution < 1.29 is 80.2 Å². The molecule has 0 radical (unpaired) electrons. The van der Waals surface area contributed by atoms with E-state index in [1.807, 2.05) is 0 Å². The second kappa shape index (κ2) is 73.2. The number of carbonyl (C=O) groups excluding carboxylic acids is 4. The van der Waals surface area contributed by atoms with Crippen molar-refractivity contribution in [2.24, 2.45) is 17.8 Å². The Hall–Kier alpha value is -1.94. The Morgan fingerprint density at radius 2 is 0.500 bits per heavy atom. The Kier molecular flexibility index (Phi) is 71.8. The molecule has 0 bridgehead atoms. The van der Waals surface area contributed by atoms with Gasteiger partial charge in [-0.15, -0.1) is 0 Å². The molecule has 3 unspecified atom stereocenters. The molecule has 0 saturated carbocycles. The van der Waals surface area contributed by atoms with Crippen LogP contribution >= 0.6 is 15.6 Å². The van der Waals surface area contributed by atoms with Crippen LogP contribution in [0.4, 0.5) is 0 Å². The van der Waals surface area contributed by atoms with Crippen LogP contribution in [-0.2, 0) is 65.4 Å². The van der Waals surface area contributed by atoms with E-state index in [0.717, 1.165) is 108 Å². The molecule has 0 spiro atoms. The van der Waals surface area contributed by atoms with Crippen LogP contribution in [0.25, 0.3) is 0 Å². The Morgan fingerprint density at radius 3 is 0.745 bits per heavy atom. The topological polar surface area (TPSA) is 237 Å². The fraction of sp³-hybridized carbons (Fsp3) is 0.952. The van der Waals surface area contributed by atoms with Crippen LogP contribution in [-0.4, -0.2) is 96.7 Å². The summed E-state index contributed by atoms with van der Waals surface area (Å²) in [5.74, 6) is 0.271. The summed E-state index contributed by atoms with van der Waals surface area (Å²) in [6.07, 6.45) is 62.4. The fourth-order valence-electron chi connectivity index (χ4n) is 12.8. The highest BCUT2D eigenvalue weighted by Gasteiger charge is 2.30. The molecule has 606 valence electrons. The first-order valence-corrected chi connectivity index (χ1v) is 45.9. The molecule has 0 aliphatic rings. The molecule has 6 atom stereocenters. The first-order valence-electron chi connectivity index (χ1n) is 42.9. The molecule has 0 aliphatic heterocycles. The molecule has 0 heterocycles. The van der Waals surface area contributed by atoms with E-state index < -0.39 is 97.5 Å². The number of hydrogen-bond acceptors (Lipinski definition) is 15. The van der Waals surface area contributed by atoms with Gasteiger partial charge in [-0.1, -0.05) is 382 Å². The lowest BCUT2D eigenvalue weighted by Crippen LogP contribution is -2.30. The summed E-state index contributed by atoms with van der Waals surface area (Å²) in [6, 6.07) is 0. The number of unbranched alkanes of at least 4 members (excludes halogenated alkanes) is 48. The minimum Gasteiger partial charge on any atom is -0.462 e. The summed E-state index contributed by atoms with van der Waals surface area (Å²) in [4.78, 5) is 73.1.